The maximum absolute atomic E-state index is 12.7. The number of amides is 1. The van der Waals surface area contributed by atoms with Gasteiger partial charge in [0.15, 0.2) is 0 Å². The first kappa shape index (κ1) is 15.7. The summed E-state index contributed by atoms with van der Waals surface area (Å²) in [4.78, 5) is 14.3. The van der Waals surface area contributed by atoms with Gasteiger partial charge in [0.25, 0.3) is 5.91 Å². The highest BCUT2D eigenvalue weighted by atomic mass is 16.5. The van der Waals surface area contributed by atoms with E-state index in [1.807, 2.05) is 42.5 Å². The van der Waals surface area contributed by atoms with Crippen molar-refractivity contribution < 1.29 is 9.53 Å². The Morgan fingerprint density at radius 3 is 2.46 bits per heavy atom. The molecule has 1 aromatic heterocycles. The number of aromatic nitrogens is 3. The van der Waals surface area contributed by atoms with E-state index in [4.69, 9.17) is 4.74 Å². The number of rotatable bonds is 6. The lowest BCUT2D eigenvalue weighted by atomic mass is 10.1. The summed E-state index contributed by atoms with van der Waals surface area (Å²) in [7, 11) is 1.55. The minimum atomic E-state index is -0.254. The van der Waals surface area contributed by atoms with Gasteiger partial charge in [-0.25, -0.2) is 0 Å². The van der Waals surface area contributed by atoms with Gasteiger partial charge in [-0.05, 0) is 17.7 Å². The van der Waals surface area contributed by atoms with Crippen LogP contribution in [0.3, 0.4) is 0 Å². The third-order valence-electron chi connectivity index (χ3n) is 3.67. The minimum Gasteiger partial charge on any atom is -0.496 e. The Bertz CT molecular complexity index is 788. The number of carbonyl (C=O) groups is 1. The number of hydrogen-bond acceptors (Lipinski definition) is 4. The summed E-state index contributed by atoms with van der Waals surface area (Å²) in [6.07, 6.45) is 3.23. The van der Waals surface area contributed by atoms with E-state index < -0.39 is 0 Å². The van der Waals surface area contributed by atoms with Crippen molar-refractivity contribution in [2.75, 3.05) is 7.11 Å². The Kier molecular flexibility index (Phi) is 4.86. The molecule has 24 heavy (non-hydrogen) atoms. The van der Waals surface area contributed by atoms with Gasteiger partial charge in [0, 0.05) is 0 Å². The van der Waals surface area contributed by atoms with Crippen LogP contribution in [0.5, 0.6) is 5.75 Å². The topological polar surface area (TPSA) is 69.0 Å². The third kappa shape index (κ3) is 3.60. The summed E-state index contributed by atoms with van der Waals surface area (Å²) in [5.74, 6) is 0.340. The lowest BCUT2D eigenvalue weighted by Gasteiger charge is -2.19. The summed E-state index contributed by atoms with van der Waals surface area (Å²) >= 11 is 0. The first-order chi connectivity index (χ1) is 11.8. The molecule has 0 saturated heterocycles. The van der Waals surface area contributed by atoms with Crippen molar-refractivity contribution in [2.24, 2.45) is 0 Å². The van der Waals surface area contributed by atoms with Crippen LogP contribution in [0.4, 0.5) is 0 Å². The van der Waals surface area contributed by atoms with E-state index in [0.717, 1.165) is 5.56 Å². The second kappa shape index (κ2) is 7.41. The molecule has 6 heteroatoms. The van der Waals surface area contributed by atoms with E-state index in [1.54, 1.807) is 36.4 Å². The van der Waals surface area contributed by atoms with Crippen LogP contribution in [0.2, 0.25) is 0 Å². The summed E-state index contributed by atoms with van der Waals surface area (Å²) in [5.41, 5.74) is 1.48. The molecule has 1 atom stereocenters. The molecular formula is C18H18N4O2. The van der Waals surface area contributed by atoms with Crippen molar-refractivity contribution >= 4 is 5.91 Å². The smallest absolute Gasteiger partial charge is 0.255 e. The van der Waals surface area contributed by atoms with Crippen LogP contribution < -0.4 is 10.1 Å². The molecular weight excluding hydrogens is 304 g/mol. The van der Waals surface area contributed by atoms with Crippen LogP contribution >= 0.6 is 0 Å². The molecule has 6 nitrogen and oxygen atoms in total. The van der Waals surface area contributed by atoms with Crippen molar-refractivity contribution in [3.8, 4) is 5.75 Å². The first-order valence-corrected chi connectivity index (χ1v) is 7.61. The summed E-state index contributed by atoms with van der Waals surface area (Å²) < 4.78 is 5.27. The number of benzene rings is 2. The van der Waals surface area contributed by atoms with E-state index >= 15 is 0 Å². The van der Waals surface area contributed by atoms with Gasteiger partial charge in [-0.2, -0.15) is 15.0 Å². The molecule has 122 valence electrons. The van der Waals surface area contributed by atoms with E-state index in [0.29, 0.717) is 17.9 Å². The van der Waals surface area contributed by atoms with Crippen LogP contribution in [0.25, 0.3) is 0 Å². The molecule has 1 heterocycles. The van der Waals surface area contributed by atoms with Crippen LogP contribution in [-0.2, 0) is 6.54 Å². The molecule has 1 N–H and O–H groups in total. The quantitative estimate of drug-likeness (QED) is 0.757. The van der Waals surface area contributed by atoms with Gasteiger partial charge in [0.2, 0.25) is 0 Å². The summed E-state index contributed by atoms with van der Waals surface area (Å²) in [6, 6.07) is 16.6. The van der Waals surface area contributed by atoms with Crippen molar-refractivity contribution in [1.29, 1.82) is 0 Å². The van der Waals surface area contributed by atoms with E-state index in [-0.39, 0.29) is 11.9 Å². The molecule has 0 aliphatic carbocycles. The van der Waals surface area contributed by atoms with Gasteiger partial charge in [0.05, 0.1) is 37.7 Å². The van der Waals surface area contributed by atoms with E-state index in [1.165, 1.54) is 0 Å². The number of carbonyl (C=O) groups excluding carboxylic acids is 1. The van der Waals surface area contributed by atoms with Crippen LogP contribution in [0.15, 0.2) is 67.0 Å². The van der Waals surface area contributed by atoms with Crippen LogP contribution in [0, 0.1) is 0 Å². The fraction of sp³-hybridized carbons (Fsp3) is 0.167. The highest BCUT2D eigenvalue weighted by molar-refractivity contribution is 5.97. The summed E-state index contributed by atoms with van der Waals surface area (Å²) in [6.45, 7) is 0.442. The molecule has 0 unspecified atom stereocenters. The van der Waals surface area contributed by atoms with Crippen LogP contribution in [0.1, 0.15) is 22.0 Å². The van der Waals surface area contributed by atoms with Crippen LogP contribution in [-0.4, -0.2) is 28.0 Å². The molecule has 0 radical (unpaired) electrons. The highest BCUT2D eigenvalue weighted by Gasteiger charge is 2.19. The lowest BCUT2D eigenvalue weighted by Crippen LogP contribution is -2.32. The van der Waals surface area contributed by atoms with Gasteiger partial charge in [-0.15, -0.1) is 0 Å². The standard InChI is InChI=1S/C18H18N4O2/c1-24-17-10-6-5-9-15(17)18(23)21-16(13-22-19-11-12-20-22)14-7-3-2-4-8-14/h2-12,16H,13H2,1H3,(H,21,23)/t16-/m1/s1. The zero-order valence-electron chi connectivity index (χ0n) is 13.3. The Balaban J connectivity index is 1.84. The lowest BCUT2D eigenvalue weighted by molar-refractivity contribution is 0.0927. The van der Waals surface area contributed by atoms with Crippen molar-refractivity contribution in [3.05, 3.63) is 78.1 Å². The predicted octanol–water partition coefficient (Wildman–Crippen LogP) is 2.46. The fourth-order valence-corrected chi connectivity index (χ4v) is 2.49. The second-order valence-electron chi connectivity index (χ2n) is 5.22. The van der Waals surface area contributed by atoms with E-state index in [2.05, 4.69) is 15.5 Å². The monoisotopic (exact) mass is 322 g/mol. The number of nitrogens with one attached hydrogen (secondary N) is 1. The fourth-order valence-electron chi connectivity index (χ4n) is 2.49. The van der Waals surface area contributed by atoms with Crippen molar-refractivity contribution in [3.63, 3.8) is 0 Å². The van der Waals surface area contributed by atoms with E-state index in [9.17, 15) is 4.79 Å². The molecule has 0 bridgehead atoms. The molecule has 2 aromatic carbocycles. The molecule has 0 aliphatic heterocycles. The van der Waals surface area contributed by atoms with Gasteiger partial charge >= 0.3 is 0 Å². The number of ether oxygens (including phenoxy) is 1. The van der Waals surface area contributed by atoms with Gasteiger partial charge in [0.1, 0.15) is 5.75 Å². The Morgan fingerprint density at radius 2 is 1.75 bits per heavy atom. The second-order valence-corrected chi connectivity index (χ2v) is 5.22. The Labute approximate surface area is 140 Å². The average Bonchev–Trinajstić information content (AvgIpc) is 3.15. The first-order valence-electron chi connectivity index (χ1n) is 7.61. The molecule has 0 fully saturated rings. The molecule has 3 aromatic rings. The van der Waals surface area contributed by atoms with Gasteiger partial charge in [-0.1, -0.05) is 42.5 Å². The highest BCUT2D eigenvalue weighted by Crippen LogP contribution is 2.20. The molecule has 3 rings (SSSR count). The number of methoxy groups -OCH3 is 1. The maximum atomic E-state index is 12.7. The number of nitrogens with zero attached hydrogens (tertiary/aromatic N) is 3. The normalized spacial score (nSPS) is 11.7. The van der Waals surface area contributed by atoms with Crippen molar-refractivity contribution in [2.45, 2.75) is 12.6 Å². The minimum absolute atomic E-state index is 0.201. The third-order valence-corrected chi connectivity index (χ3v) is 3.67. The predicted molar refractivity (Wildman–Crippen MR) is 89.7 cm³/mol. The Hall–Kier alpha value is -3.15. The van der Waals surface area contributed by atoms with Gasteiger partial charge < -0.3 is 10.1 Å². The zero-order valence-corrected chi connectivity index (χ0v) is 13.3. The SMILES string of the molecule is COc1ccccc1C(=O)N[C@H](Cn1nccn1)c1ccccc1. The maximum Gasteiger partial charge on any atom is 0.255 e. The van der Waals surface area contributed by atoms with Gasteiger partial charge in [-0.3, -0.25) is 4.79 Å². The molecule has 0 aliphatic rings. The summed E-state index contributed by atoms with van der Waals surface area (Å²) in [5, 5.41) is 11.3. The molecule has 1 amide bonds. The number of hydrogen-bond donors (Lipinski definition) is 1. The number of para-hydroxylation sites is 1. The molecule has 0 saturated carbocycles. The Morgan fingerprint density at radius 1 is 1.08 bits per heavy atom. The average molecular weight is 322 g/mol. The molecule has 0 spiro atoms. The zero-order chi connectivity index (χ0) is 16.8. The largest absolute Gasteiger partial charge is 0.496 e. The van der Waals surface area contributed by atoms with Crippen molar-refractivity contribution in [1.82, 2.24) is 20.3 Å².